The first-order valence-electron chi connectivity index (χ1n) is 21.5. The molecule has 0 unspecified atom stereocenters. The number of para-hydroxylation sites is 5. The van der Waals surface area contributed by atoms with Gasteiger partial charge in [0.2, 0.25) is 0 Å². The van der Waals surface area contributed by atoms with Crippen LogP contribution < -0.4 is 4.90 Å². The highest BCUT2D eigenvalue weighted by molar-refractivity contribution is 6.26. The average molecular weight is 805 g/mol. The number of nitrogens with zero attached hydrogens (tertiary/aromatic N) is 4. The van der Waals surface area contributed by atoms with E-state index in [2.05, 4.69) is 245 Å². The van der Waals surface area contributed by atoms with Crippen molar-refractivity contribution in [2.45, 2.75) is 0 Å². The molecule has 0 N–H and O–H groups in total. The van der Waals surface area contributed by atoms with Crippen LogP contribution in [0.3, 0.4) is 0 Å². The molecule has 0 aliphatic rings. The van der Waals surface area contributed by atoms with Crippen molar-refractivity contribution in [3.63, 3.8) is 0 Å². The highest BCUT2D eigenvalue weighted by Gasteiger charge is 2.20. The maximum Gasteiger partial charge on any atom is 0.145 e. The molecule has 12 aromatic rings. The van der Waals surface area contributed by atoms with Crippen LogP contribution in [0, 0.1) is 0 Å². The minimum atomic E-state index is 0.918. The van der Waals surface area contributed by atoms with E-state index in [4.69, 9.17) is 4.98 Å². The second kappa shape index (κ2) is 15.2. The van der Waals surface area contributed by atoms with Gasteiger partial charge in [-0.1, -0.05) is 146 Å². The SMILES string of the molecule is C(=C\c1ccc(N(c2ccccc2)c2ccc(-c3nc4ccccc4n3-c3ccccc3)cc2)cc1)/c1ccc(-c2ccc3c4c2ccc2cccc(c24)n3-c2ccccc2)cc1. The van der Waals surface area contributed by atoms with E-state index in [1.54, 1.807) is 0 Å². The number of anilines is 3. The molecular weight excluding hydrogens is 765 g/mol. The molecule has 10 aromatic carbocycles. The van der Waals surface area contributed by atoms with E-state index in [9.17, 15) is 0 Å². The lowest BCUT2D eigenvalue weighted by molar-refractivity contribution is 1.10. The third kappa shape index (κ3) is 6.36. The standard InChI is InChI=1S/C59H40N4/c1-4-14-46(15-5-1)61(50-36-31-45(32-37-50)59-60-53-20-10-11-21-54(53)63(59)48-18-8-3-9-19-48)49-34-27-42(28-35-49)24-23-41-25-29-43(30-26-41)51-39-40-56-58-52(51)38-33-44-13-12-22-55(57(44)58)62(56)47-16-6-2-7-17-47/h1-40H/b24-23+. The largest absolute Gasteiger partial charge is 0.311 e. The van der Waals surface area contributed by atoms with Crippen LogP contribution in [0.4, 0.5) is 17.1 Å². The van der Waals surface area contributed by atoms with Gasteiger partial charge < -0.3 is 9.47 Å². The molecular formula is C59H40N4. The lowest BCUT2D eigenvalue weighted by Crippen LogP contribution is -2.09. The highest BCUT2D eigenvalue weighted by atomic mass is 15.1. The summed E-state index contributed by atoms with van der Waals surface area (Å²) in [5.74, 6) is 0.918. The molecule has 2 heterocycles. The Labute approximate surface area is 365 Å². The molecule has 12 rings (SSSR count). The fraction of sp³-hybridized carbons (Fsp3) is 0. The van der Waals surface area contributed by atoms with Crippen molar-refractivity contribution in [3.8, 4) is 33.9 Å². The second-order valence-corrected chi connectivity index (χ2v) is 16.0. The van der Waals surface area contributed by atoms with Crippen LogP contribution in [0.2, 0.25) is 0 Å². The Hall–Kier alpha value is -8.47. The predicted octanol–water partition coefficient (Wildman–Crippen LogP) is 15.7. The lowest BCUT2D eigenvalue weighted by atomic mass is 9.94. The first-order valence-corrected chi connectivity index (χ1v) is 21.5. The van der Waals surface area contributed by atoms with Gasteiger partial charge in [0.25, 0.3) is 0 Å². The molecule has 4 heteroatoms. The Balaban J connectivity index is 0.822. The van der Waals surface area contributed by atoms with E-state index in [0.717, 1.165) is 56.3 Å². The molecule has 0 saturated carbocycles. The third-order valence-corrected chi connectivity index (χ3v) is 12.3. The third-order valence-electron chi connectivity index (χ3n) is 12.3. The van der Waals surface area contributed by atoms with E-state index >= 15 is 0 Å². The van der Waals surface area contributed by atoms with Crippen LogP contribution >= 0.6 is 0 Å². The minimum absolute atomic E-state index is 0.918. The number of fused-ring (bicyclic) bond motifs is 1. The van der Waals surface area contributed by atoms with Gasteiger partial charge in [0, 0.05) is 44.8 Å². The number of hydrogen-bond donors (Lipinski definition) is 0. The summed E-state index contributed by atoms with van der Waals surface area (Å²) >= 11 is 0. The summed E-state index contributed by atoms with van der Waals surface area (Å²) in [5.41, 5.74) is 15.9. The summed E-state index contributed by atoms with van der Waals surface area (Å²) in [6.07, 6.45) is 4.39. The smallest absolute Gasteiger partial charge is 0.145 e. The van der Waals surface area contributed by atoms with Gasteiger partial charge >= 0.3 is 0 Å². The fourth-order valence-corrected chi connectivity index (χ4v) is 9.34. The van der Waals surface area contributed by atoms with E-state index in [-0.39, 0.29) is 0 Å². The number of rotatable bonds is 9. The van der Waals surface area contributed by atoms with Crippen molar-refractivity contribution >= 4 is 72.8 Å². The van der Waals surface area contributed by atoms with Gasteiger partial charge in [-0.05, 0) is 130 Å². The summed E-state index contributed by atoms with van der Waals surface area (Å²) in [7, 11) is 0. The molecule has 0 aliphatic heterocycles. The molecule has 4 nitrogen and oxygen atoms in total. The van der Waals surface area contributed by atoms with E-state index in [1.165, 1.54) is 49.4 Å². The lowest BCUT2D eigenvalue weighted by Gasteiger charge is -2.25. The average Bonchev–Trinajstić information content (AvgIpc) is 3.92. The number of benzene rings is 10. The molecule has 0 aliphatic carbocycles. The molecule has 0 spiro atoms. The Morgan fingerprint density at radius 2 is 0.905 bits per heavy atom. The monoisotopic (exact) mass is 804 g/mol. The van der Waals surface area contributed by atoms with Gasteiger partial charge in [0.1, 0.15) is 5.82 Å². The van der Waals surface area contributed by atoms with Crippen molar-refractivity contribution in [2.75, 3.05) is 4.90 Å². The first-order chi connectivity index (χ1) is 31.2. The molecule has 296 valence electrons. The minimum Gasteiger partial charge on any atom is -0.311 e. The summed E-state index contributed by atoms with van der Waals surface area (Å²) in [4.78, 5) is 7.40. The summed E-state index contributed by atoms with van der Waals surface area (Å²) < 4.78 is 4.64. The first kappa shape index (κ1) is 36.4. The second-order valence-electron chi connectivity index (χ2n) is 16.0. The molecule has 0 fully saturated rings. The molecule has 0 atom stereocenters. The Kier molecular flexibility index (Phi) is 8.79. The van der Waals surface area contributed by atoms with Gasteiger partial charge in [-0.3, -0.25) is 4.57 Å². The summed E-state index contributed by atoms with van der Waals surface area (Å²) in [6, 6.07) is 82.3. The zero-order valence-corrected chi connectivity index (χ0v) is 34.4. The number of imidazole rings is 1. The predicted molar refractivity (Wildman–Crippen MR) is 265 cm³/mol. The van der Waals surface area contributed by atoms with E-state index in [0.29, 0.717) is 0 Å². The van der Waals surface area contributed by atoms with Crippen LogP contribution in [0.5, 0.6) is 0 Å². The van der Waals surface area contributed by atoms with Crippen molar-refractivity contribution < 1.29 is 0 Å². The Bertz CT molecular complexity index is 3570. The van der Waals surface area contributed by atoms with Gasteiger partial charge in [0.05, 0.1) is 22.1 Å². The van der Waals surface area contributed by atoms with Crippen LogP contribution in [-0.2, 0) is 0 Å². The molecule has 0 radical (unpaired) electrons. The number of hydrogen-bond acceptors (Lipinski definition) is 2. The van der Waals surface area contributed by atoms with Crippen molar-refractivity contribution in [3.05, 3.63) is 242 Å². The molecule has 2 aromatic heterocycles. The molecule has 63 heavy (non-hydrogen) atoms. The Morgan fingerprint density at radius 3 is 1.60 bits per heavy atom. The maximum atomic E-state index is 5.09. The summed E-state index contributed by atoms with van der Waals surface area (Å²) in [5, 5.41) is 5.19. The fourth-order valence-electron chi connectivity index (χ4n) is 9.34. The van der Waals surface area contributed by atoms with E-state index in [1.807, 2.05) is 12.1 Å². The molecule has 0 bridgehead atoms. The van der Waals surface area contributed by atoms with Gasteiger partial charge in [0.15, 0.2) is 0 Å². The van der Waals surface area contributed by atoms with Gasteiger partial charge in [-0.15, -0.1) is 0 Å². The molecule has 0 amide bonds. The molecule has 0 saturated heterocycles. The van der Waals surface area contributed by atoms with Crippen LogP contribution in [0.15, 0.2) is 231 Å². The maximum absolute atomic E-state index is 5.09. The van der Waals surface area contributed by atoms with Crippen LogP contribution in [0.25, 0.3) is 89.7 Å². The number of aromatic nitrogens is 3. The quantitative estimate of drug-likeness (QED) is 0.107. The van der Waals surface area contributed by atoms with Gasteiger partial charge in [-0.2, -0.15) is 0 Å². The van der Waals surface area contributed by atoms with Crippen LogP contribution in [-0.4, -0.2) is 14.1 Å². The van der Waals surface area contributed by atoms with Gasteiger partial charge in [-0.25, -0.2) is 4.98 Å². The summed E-state index contributed by atoms with van der Waals surface area (Å²) in [6.45, 7) is 0. The van der Waals surface area contributed by atoms with Crippen molar-refractivity contribution in [1.29, 1.82) is 0 Å². The highest BCUT2D eigenvalue weighted by Crippen LogP contribution is 2.43. The zero-order valence-electron chi connectivity index (χ0n) is 34.4. The van der Waals surface area contributed by atoms with Crippen LogP contribution in [0.1, 0.15) is 11.1 Å². The van der Waals surface area contributed by atoms with Crippen molar-refractivity contribution in [2.24, 2.45) is 0 Å². The Morgan fingerprint density at radius 1 is 0.365 bits per heavy atom. The van der Waals surface area contributed by atoms with Crippen molar-refractivity contribution in [1.82, 2.24) is 14.1 Å². The van der Waals surface area contributed by atoms with E-state index < -0.39 is 0 Å². The topological polar surface area (TPSA) is 26.0 Å². The zero-order chi connectivity index (χ0) is 41.7. The normalized spacial score (nSPS) is 11.7.